The molecule has 1 aromatic rings. The lowest BCUT2D eigenvalue weighted by molar-refractivity contribution is -0.151. The van der Waals surface area contributed by atoms with Crippen LogP contribution in [-0.4, -0.2) is 47.4 Å². The SMILES string of the molecule is COC(=O)[C@]12C[C@H]1[C@H](O)CCN2C(=O)OCc1ccccc1. The molecule has 2 aliphatic rings. The summed E-state index contributed by atoms with van der Waals surface area (Å²) in [6.07, 6.45) is -0.230. The highest BCUT2D eigenvalue weighted by Gasteiger charge is 2.70. The lowest BCUT2D eigenvalue weighted by Gasteiger charge is -2.35. The van der Waals surface area contributed by atoms with Gasteiger partial charge in [-0.2, -0.15) is 0 Å². The van der Waals surface area contributed by atoms with Crippen molar-refractivity contribution in [2.45, 2.75) is 31.1 Å². The fourth-order valence-corrected chi connectivity index (χ4v) is 3.28. The van der Waals surface area contributed by atoms with Gasteiger partial charge in [-0.15, -0.1) is 0 Å². The number of rotatable bonds is 3. The first kappa shape index (κ1) is 14.8. The monoisotopic (exact) mass is 305 g/mol. The van der Waals surface area contributed by atoms with Crippen molar-refractivity contribution in [3.8, 4) is 0 Å². The number of fused-ring (bicyclic) bond motifs is 1. The lowest BCUT2D eigenvalue weighted by Crippen LogP contribution is -2.54. The number of amides is 1. The molecular weight excluding hydrogens is 286 g/mol. The highest BCUT2D eigenvalue weighted by molar-refractivity contribution is 5.90. The summed E-state index contributed by atoms with van der Waals surface area (Å²) in [6.45, 7) is 0.445. The first-order chi connectivity index (χ1) is 10.6. The van der Waals surface area contributed by atoms with E-state index < -0.39 is 23.7 Å². The number of piperidine rings is 1. The Hall–Kier alpha value is -2.08. The molecule has 0 unspecified atom stereocenters. The second kappa shape index (κ2) is 5.61. The third-order valence-electron chi connectivity index (χ3n) is 4.54. The number of carbonyl (C=O) groups is 2. The van der Waals surface area contributed by atoms with E-state index in [1.807, 2.05) is 30.3 Å². The first-order valence-electron chi connectivity index (χ1n) is 7.34. The molecule has 3 atom stereocenters. The molecule has 2 fully saturated rings. The van der Waals surface area contributed by atoms with E-state index in [4.69, 9.17) is 9.47 Å². The minimum absolute atomic E-state index is 0.153. The van der Waals surface area contributed by atoms with Crippen molar-refractivity contribution in [2.75, 3.05) is 13.7 Å². The molecule has 118 valence electrons. The van der Waals surface area contributed by atoms with Crippen LogP contribution in [0.5, 0.6) is 0 Å². The largest absolute Gasteiger partial charge is 0.467 e. The van der Waals surface area contributed by atoms with Gasteiger partial charge in [-0.25, -0.2) is 9.59 Å². The van der Waals surface area contributed by atoms with Crippen LogP contribution < -0.4 is 0 Å². The molecule has 1 amide bonds. The van der Waals surface area contributed by atoms with E-state index in [1.54, 1.807) is 0 Å². The number of nitrogens with zero attached hydrogens (tertiary/aromatic N) is 1. The maximum Gasteiger partial charge on any atom is 0.411 e. The minimum Gasteiger partial charge on any atom is -0.467 e. The maximum absolute atomic E-state index is 12.4. The molecular formula is C16H19NO5. The van der Waals surface area contributed by atoms with Crippen molar-refractivity contribution < 1.29 is 24.2 Å². The molecule has 1 N–H and O–H groups in total. The highest BCUT2D eigenvalue weighted by atomic mass is 16.6. The first-order valence-corrected chi connectivity index (χ1v) is 7.34. The van der Waals surface area contributed by atoms with Crippen molar-refractivity contribution in [3.05, 3.63) is 35.9 Å². The number of likely N-dealkylation sites (tertiary alicyclic amines) is 1. The van der Waals surface area contributed by atoms with Crippen molar-refractivity contribution in [2.24, 2.45) is 5.92 Å². The molecule has 1 saturated carbocycles. The Morgan fingerprint density at radius 1 is 1.36 bits per heavy atom. The summed E-state index contributed by atoms with van der Waals surface area (Å²) in [5, 5.41) is 9.95. The molecule has 22 heavy (non-hydrogen) atoms. The lowest BCUT2D eigenvalue weighted by atomic mass is 10.00. The van der Waals surface area contributed by atoms with Crippen LogP contribution in [0.25, 0.3) is 0 Å². The van der Waals surface area contributed by atoms with Gasteiger partial charge < -0.3 is 14.6 Å². The number of ether oxygens (including phenoxy) is 2. The molecule has 1 aliphatic carbocycles. The molecule has 1 heterocycles. The van der Waals surface area contributed by atoms with Crippen molar-refractivity contribution in [1.82, 2.24) is 4.90 Å². The summed E-state index contributed by atoms with van der Waals surface area (Å²) in [7, 11) is 1.29. The van der Waals surface area contributed by atoms with Crippen molar-refractivity contribution >= 4 is 12.1 Å². The zero-order valence-electron chi connectivity index (χ0n) is 12.4. The number of methoxy groups -OCH3 is 1. The van der Waals surface area contributed by atoms with E-state index in [1.165, 1.54) is 12.0 Å². The molecule has 0 radical (unpaired) electrons. The quantitative estimate of drug-likeness (QED) is 0.852. The Morgan fingerprint density at radius 2 is 2.09 bits per heavy atom. The zero-order chi connectivity index (χ0) is 15.7. The van der Waals surface area contributed by atoms with E-state index in [0.29, 0.717) is 19.4 Å². The number of hydrogen-bond acceptors (Lipinski definition) is 5. The van der Waals surface area contributed by atoms with E-state index in [9.17, 15) is 14.7 Å². The number of aliphatic hydroxyl groups is 1. The van der Waals surface area contributed by atoms with Gasteiger partial charge >= 0.3 is 12.1 Å². The Bertz CT molecular complexity index is 575. The predicted octanol–water partition coefficient (Wildman–Crippen LogP) is 1.32. The van der Waals surface area contributed by atoms with Gasteiger partial charge in [0.1, 0.15) is 12.1 Å². The average molecular weight is 305 g/mol. The van der Waals surface area contributed by atoms with Crippen LogP contribution in [0.1, 0.15) is 18.4 Å². The van der Waals surface area contributed by atoms with Crippen LogP contribution in [0.2, 0.25) is 0 Å². The second-order valence-electron chi connectivity index (χ2n) is 5.77. The van der Waals surface area contributed by atoms with Gasteiger partial charge in [0, 0.05) is 12.5 Å². The van der Waals surface area contributed by atoms with Gasteiger partial charge in [0.05, 0.1) is 13.2 Å². The number of aliphatic hydroxyl groups excluding tert-OH is 1. The zero-order valence-corrected chi connectivity index (χ0v) is 12.4. The summed E-state index contributed by atoms with van der Waals surface area (Å²) >= 11 is 0. The van der Waals surface area contributed by atoms with Gasteiger partial charge in [0.2, 0.25) is 0 Å². The van der Waals surface area contributed by atoms with Crippen LogP contribution in [0, 0.1) is 5.92 Å². The Labute approximate surface area is 128 Å². The second-order valence-corrected chi connectivity index (χ2v) is 5.77. The number of carbonyl (C=O) groups excluding carboxylic acids is 2. The highest BCUT2D eigenvalue weighted by Crippen LogP contribution is 2.55. The molecule has 0 spiro atoms. The van der Waals surface area contributed by atoms with E-state index in [2.05, 4.69) is 0 Å². The predicted molar refractivity (Wildman–Crippen MR) is 76.8 cm³/mol. The number of hydrogen-bond donors (Lipinski definition) is 1. The maximum atomic E-state index is 12.4. The molecule has 0 aromatic heterocycles. The van der Waals surface area contributed by atoms with Crippen LogP contribution >= 0.6 is 0 Å². The molecule has 1 aliphatic heterocycles. The van der Waals surface area contributed by atoms with Crippen LogP contribution in [0.3, 0.4) is 0 Å². The van der Waals surface area contributed by atoms with Crippen LogP contribution in [0.4, 0.5) is 4.79 Å². The van der Waals surface area contributed by atoms with Crippen LogP contribution in [0.15, 0.2) is 30.3 Å². The molecule has 1 saturated heterocycles. The van der Waals surface area contributed by atoms with Gasteiger partial charge in [-0.05, 0) is 18.4 Å². The Balaban J connectivity index is 1.70. The van der Waals surface area contributed by atoms with E-state index in [-0.39, 0.29) is 12.5 Å². The van der Waals surface area contributed by atoms with Gasteiger partial charge in [-0.1, -0.05) is 30.3 Å². The molecule has 0 bridgehead atoms. The van der Waals surface area contributed by atoms with E-state index in [0.717, 1.165) is 5.56 Å². The fraction of sp³-hybridized carbons (Fsp3) is 0.500. The van der Waals surface area contributed by atoms with Crippen LogP contribution in [-0.2, 0) is 20.9 Å². The number of esters is 1. The summed E-state index contributed by atoms with van der Waals surface area (Å²) in [4.78, 5) is 25.9. The third kappa shape index (κ3) is 2.33. The number of benzene rings is 1. The smallest absolute Gasteiger partial charge is 0.411 e. The minimum atomic E-state index is -1.04. The summed E-state index contributed by atoms with van der Waals surface area (Å²) in [5.41, 5.74) is -0.160. The average Bonchev–Trinajstić information content (AvgIpc) is 3.31. The third-order valence-corrected chi connectivity index (χ3v) is 4.54. The van der Waals surface area contributed by atoms with Gasteiger partial charge in [0.25, 0.3) is 0 Å². The standard InChI is InChI=1S/C16H19NO5/c1-21-14(19)16-9-12(16)13(18)7-8-17(16)15(20)22-10-11-5-3-2-4-6-11/h2-6,12-13,18H,7-10H2,1H3/t12-,13+,16-/m0/s1. The normalized spacial score (nSPS) is 29.5. The van der Waals surface area contributed by atoms with Gasteiger partial charge in [-0.3, -0.25) is 4.90 Å². The van der Waals surface area contributed by atoms with Crippen molar-refractivity contribution in [3.63, 3.8) is 0 Å². The molecule has 6 nitrogen and oxygen atoms in total. The molecule has 3 rings (SSSR count). The Kier molecular flexibility index (Phi) is 3.78. The fourth-order valence-electron chi connectivity index (χ4n) is 3.28. The summed E-state index contributed by atoms with van der Waals surface area (Å²) < 4.78 is 10.1. The Morgan fingerprint density at radius 3 is 2.77 bits per heavy atom. The molecule has 6 heteroatoms. The summed E-state index contributed by atoms with van der Waals surface area (Å²) in [5.74, 6) is -0.731. The topological polar surface area (TPSA) is 76.1 Å². The van der Waals surface area contributed by atoms with Gasteiger partial charge in [0.15, 0.2) is 0 Å². The summed E-state index contributed by atoms with van der Waals surface area (Å²) in [6, 6.07) is 9.35. The van der Waals surface area contributed by atoms with E-state index >= 15 is 0 Å². The van der Waals surface area contributed by atoms with Crippen molar-refractivity contribution in [1.29, 1.82) is 0 Å². The molecule has 1 aromatic carbocycles.